The number of aromatic nitrogens is 1. The first kappa shape index (κ1) is 9.24. The topological polar surface area (TPSA) is 46.3 Å². The van der Waals surface area contributed by atoms with Gasteiger partial charge in [-0.05, 0) is 24.3 Å². The molecule has 2 aromatic heterocycles. The SMILES string of the molecule is OC(c1ccco1)c1ncccc1Cl. The number of aliphatic hydroxyl groups excluding tert-OH is 1. The quantitative estimate of drug-likeness (QED) is 0.826. The molecule has 4 heteroatoms. The van der Waals surface area contributed by atoms with E-state index in [4.69, 9.17) is 16.0 Å². The van der Waals surface area contributed by atoms with Crippen LogP contribution in [0.4, 0.5) is 0 Å². The Balaban J connectivity index is 2.37. The van der Waals surface area contributed by atoms with Crippen LogP contribution in [0.1, 0.15) is 17.6 Å². The number of furan rings is 1. The number of rotatable bonds is 2. The molecule has 1 unspecified atom stereocenters. The fraction of sp³-hybridized carbons (Fsp3) is 0.100. The van der Waals surface area contributed by atoms with Gasteiger partial charge in [0.25, 0.3) is 0 Å². The van der Waals surface area contributed by atoms with Crippen molar-refractivity contribution in [1.29, 1.82) is 0 Å². The van der Waals surface area contributed by atoms with Crippen molar-refractivity contribution in [2.45, 2.75) is 6.10 Å². The standard InChI is InChI=1S/C10H8ClNO2/c11-7-3-1-5-12-9(7)10(13)8-4-2-6-14-8/h1-6,10,13H. The molecule has 0 fully saturated rings. The molecule has 0 saturated heterocycles. The summed E-state index contributed by atoms with van der Waals surface area (Å²) in [5.74, 6) is 0.436. The van der Waals surface area contributed by atoms with Gasteiger partial charge in [0.15, 0.2) is 6.10 Å². The molecule has 0 saturated carbocycles. The second-order valence-corrected chi connectivity index (χ2v) is 3.20. The van der Waals surface area contributed by atoms with Gasteiger partial charge in [-0.15, -0.1) is 0 Å². The zero-order valence-electron chi connectivity index (χ0n) is 7.22. The van der Waals surface area contributed by atoms with Crippen molar-refractivity contribution in [1.82, 2.24) is 4.98 Å². The van der Waals surface area contributed by atoms with Crippen molar-refractivity contribution in [3.63, 3.8) is 0 Å². The van der Waals surface area contributed by atoms with Crippen LogP contribution in [0.15, 0.2) is 41.1 Å². The maximum atomic E-state index is 9.82. The summed E-state index contributed by atoms with van der Waals surface area (Å²) in [5, 5.41) is 10.2. The molecule has 3 nitrogen and oxygen atoms in total. The van der Waals surface area contributed by atoms with Gasteiger partial charge in [-0.2, -0.15) is 0 Å². The molecule has 0 aliphatic heterocycles. The highest BCUT2D eigenvalue weighted by molar-refractivity contribution is 6.31. The van der Waals surface area contributed by atoms with E-state index in [1.807, 2.05) is 0 Å². The van der Waals surface area contributed by atoms with E-state index in [0.717, 1.165) is 0 Å². The van der Waals surface area contributed by atoms with Crippen LogP contribution in [0, 0.1) is 0 Å². The van der Waals surface area contributed by atoms with Gasteiger partial charge in [0.1, 0.15) is 5.76 Å². The highest BCUT2D eigenvalue weighted by Crippen LogP contribution is 2.25. The summed E-state index contributed by atoms with van der Waals surface area (Å²) >= 11 is 5.87. The van der Waals surface area contributed by atoms with E-state index in [1.54, 1.807) is 30.5 Å². The van der Waals surface area contributed by atoms with E-state index >= 15 is 0 Å². The maximum absolute atomic E-state index is 9.82. The molecule has 0 spiro atoms. The van der Waals surface area contributed by atoms with Gasteiger partial charge in [-0.3, -0.25) is 4.98 Å². The van der Waals surface area contributed by atoms with Crippen molar-refractivity contribution in [2.24, 2.45) is 0 Å². The highest BCUT2D eigenvalue weighted by atomic mass is 35.5. The van der Waals surface area contributed by atoms with Gasteiger partial charge >= 0.3 is 0 Å². The van der Waals surface area contributed by atoms with E-state index in [9.17, 15) is 5.11 Å². The van der Waals surface area contributed by atoms with Crippen molar-refractivity contribution >= 4 is 11.6 Å². The third kappa shape index (κ3) is 1.64. The molecule has 1 atom stereocenters. The third-order valence-electron chi connectivity index (χ3n) is 1.86. The van der Waals surface area contributed by atoms with E-state index in [-0.39, 0.29) is 0 Å². The lowest BCUT2D eigenvalue weighted by atomic mass is 10.2. The fourth-order valence-corrected chi connectivity index (χ4v) is 1.41. The lowest BCUT2D eigenvalue weighted by Crippen LogP contribution is -2.01. The number of pyridine rings is 1. The molecule has 0 aliphatic carbocycles. The summed E-state index contributed by atoms with van der Waals surface area (Å²) < 4.78 is 5.06. The molecule has 0 bridgehead atoms. The Bertz CT molecular complexity index is 414. The molecule has 0 aromatic carbocycles. The molecule has 0 amide bonds. The molecule has 2 heterocycles. The molecule has 14 heavy (non-hydrogen) atoms. The zero-order chi connectivity index (χ0) is 9.97. The van der Waals surface area contributed by atoms with Crippen LogP contribution in [0.25, 0.3) is 0 Å². The number of nitrogens with zero attached hydrogens (tertiary/aromatic N) is 1. The van der Waals surface area contributed by atoms with Gasteiger partial charge in [0.05, 0.1) is 17.0 Å². The first-order chi connectivity index (χ1) is 6.79. The van der Waals surface area contributed by atoms with E-state index in [2.05, 4.69) is 4.98 Å². The molecule has 1 N–H and O–H groups in total. The predicted octanol–water partition coefficient (Wildman–Crippen LogP) is 2.41. The lowest BCUT2D eigenvalue weighted by molar-refractivity contribution is 0.185. The Morgan fingerprint density at radius 2 is 2.21 bits per heavy atom. The van der Waals surface area contributed by atoms with Crippen molar-refractivity contribution in [2.75, 3.05) is 0 Å². The Labute approximate surface area is 86.0 Å². The normalized spacial score (nSPS) is 12.7. The fourth-order valence-electron chi connectivity index (χ4n) is 1.18. The Kier molecular flexibility index (Phi) is 2.52. The van der Waals surface area contributed by atoms with Crippen LogP contribution >= 0.6 is 11.6 Å². The smallest absolute Gasteiger partial charge is 0.155 e. The summed E-state index contributed by atoms with van der Waals surface area (Å²) in [6, 6.07) is 6.77. The number of hydrogen-bond acceptors (Lipinski definition) is 3. The van der Waals surface area contributed by atoms with Gasteiger partial charge in [0, 0.05) is 6.20 Å². The minimum atomic E-state index is -0.904. The molecule has 2 rings (SSSR count). The summed E-state index contributed by atoms with van der Waals surface area (Å²) in [7, 11) is 0. The first-order valence-corrected chi connectivity index (χ1v) is 4.48. The Morgan fingerprint density at radius 3 is 2.86 bits per heavy atom. The molecule has 2 aromatic rings. The van der Waals surface area contributed by atoms with Gasteiger partial charge in [0.2, 0.25) is 0 Å². The Morgan fingerprint density at radius 1 is 1.36 bits per heavy atom. The predicted molar refractivity (Wildman–Crippen MR) is 52.0 cm³/mol. The zero-order valence-corrected chi connectivity index (χ0v) is 7.98. The van der Waals surface area contributed by atoms with Crippen LogP contribution in [0.5, 0.6) is 0 Å². The average molecular weight is 210 g/mol. The minimum Gasteiger partial charge on any atom is -0.466 e. The van der Waals surface area contributed by atoms with E-state index in [0.29, 0.717) is 16.5 Å². The van der Waals surface area contributed by atoms with Crippen LogP contribution in [0.2, 0.25) is 5.02 Å². The van der Waals surface area contributed by atoms with Crippen molar-refractivity contribution in [3.8, 4) is 0 Å². The Hall–Kier alpha value is -1.32. The molecule has 0 aliphatic rings. The highest BCUT2D eigenvalue weighted by Gasteiger charge is 2.16. The number of halogens is 1. The van der Waals surface area contributed by atoms with Crippen LogP contribution in [-0.4, -0.2) is 10.1 Å². The monoisotopic (exact) mass is 209 g/mol. The summed E-state index contributed by atoms with van der Waals surface area (Å²) in [6.45, 7) is 0. The van der Waals surface area contributed by atoms with Crippen LogP contribution in [-0.2, 0) is 0 Å². The lowest BCUT2D eigenvalue weighted by Gasteiger charge is -2.07. The number of aliphatic hydroxyl groups is 1. The van der Waals surface area contributed by atoms with E-state index < -0.39 is 6.10 Å². The van der Waals surface area contributed by atoms with Crippen molar-refractivity contribution < 1.29 is 9.52 Å². The second-order valence-electron chi connectivity index (χ2n) is 2.79. The second kappa shape index (κ2) is 3.82. The van der Waals surface area contributed by atoms with Gasteiger partial charge in [-0.25, -0.2) is 0 Å². The van der Waals surface area contributed by atoms with E-state index in [1.165, 1.54) is 6.26 Å². The third-order valence-corrected chi connectivity index (χ3v) is 2.18. The summed E-state index contributed by atoms with van der Waals surface area (Å²) in [4.78, 5) is 3.99. The first-order valence-electron chi connectivity index (χ1n) is 4.11. The summed E-state index contributed by atoms with van der Waals surface area (Å²) in [5.41, 5.74) is 0.407. The van der Waals surface area contributed by atoms with Crippen LogP contribution < -0.4 is 0 Å². The van der Waals surface area contributed by atoms with Gasteiger partial charge < -0.3 is 9.52 Å². The van der Waals surface area contributed by atoms with Crippen molar-refractivity contribution in [3.05, 3.63) is 53.2 Å². The van der Waals surface area contributed by atoms with Gasteiger partial charge in [-0.1, -0.05) is 11.6 Å². The minimum absolute atomic E-state index is 0.407. The summed E-state index contributed by atoms with van der Waals surface area (Å²) in [6.07, 6.45) is 2.17. The average Bonchev–Trinajstić information content (AvgIpc) is 2.70. The number of hydrogen-bond donors (Lipinski definition) is 1. The molecule has 0 radical (unpaired) electrons. The molecule has 72 valence electrons. The molecular weight excluding hydrogens is 202 g/mol. The molecular formula is C10H8ClNO2. The maximum Gasteiger partial charge on any atom is 0.155 e. The largest absolute Gasteiger partial charge is 0.466 e. The van der Waals surface area contributed by atoms with Crippen LogP contribution in [0.3, 0.4) is 0 Å².